The minimum atomic E-state index is -0.117. The Morgan fingerprint density at radius 2 is 1.63 bits per heavy atom. The van der Waals surface area contributed by atoms with E-state index in [9.17, 15) is 14.4 Å². The van der Waals surface area contributed by atoms with E-state index in [-0.39, 0.29) is 29.9 Å². The van der Waals surface area contributed by atoms with E-state index in [0.717, 1.165) is 106 Å². The van der Waals surface area contributed by atoms with Gasteiger partial charge in [0, 0.05) is 84.5 Å². The number of amides is 4. The molecule has 3 atom stereocenters. The van der Waals surface area contributed by atoms with E-state index in [0.29, 0.717) is 49.3 Å². The maximum absolute atomic E-state index is 12.9. The van der Waals surface area contributed by atoms with E-state index in [1.165, 1.54) is 0 Å². The predicted octanol–water partition coefficient (Wildman–Crippen LogP) is 7.12. The van der Waals surface area contributed by atoms with Crippen molar-refractivity contribution in [1.29, 1.82) is 0 Å². The smallest absolute Gasteiger partial charge is 0.315 e. The molecule has 0 saturated carbocycles. The molecular weight excluding hydrogens is 801 g/mol. The fourth-order valence-electron chi connectivity index (χ4n) is 8.22. The van der Waals surface area contributed by atoms with E-state index < -0.39 is 0 Å². The van der Waals surface area contributed by atoms with Gasteiger partial charge >= 0.3 is 6.03 Å². The first-order valence-corrected chi connectivity index (χ1v) is 22.9. The number of nitrogens with one attached hydrogen (secondary N) is 4. The Bertz CT molecular complexity index is 2440. The van der Waals surface area contributed by atoms with Crippen LogP contribution in [-0.2, 0) is 4.79 Å². The van der Waals surface area contributed by atoms with Crippen molar-refractivity contribution in [3.05, 3.63) is 94.8 Å². The third kappa shape index (κ3) is 10.8. The third-order valence-electron chi connectivity index (χ3n) is 11.8. The van der Waals surface area contributed by atoms with Crippen LogP contribution in [0.15, 0.2) is 77.2 Å². The number of rotatable bonds is 19. The van der Waals surface area contributed by atoms with Crippen molar-refractivity contribution in [1.82, 2.24) is 25.8 Å². The molecule has 0 bridgehead atoms. The molecule has 12 nitrogen and oxygen atoms in total. The number of hydrogen-bond acceptors (Lipinski definition) is 8. The molecule has 3 aromatic carbocycles. The standard InChI is InChI=1S/C49H60N6O6S/c1-31-14-15-33(46-37-19-17-35(54(3)4)28-42(37)61-43-29-36(55(5)6)18-20-38(43)46)27-41(31)60-25-24-59-40-21-16-34(26-32(40)2)48(57)51-23-11-7-10-22-50-45(56)13-9-8-12-44-47-39(30-62-44)52-49(58)53-47/h14-21,26-29,39,44,47H,7-13,22-25,30H2,1-6H3,(H3-,50,51,52,53,56,57,58)/p+1. The molecule has 13 heteroatoms. The molecule has 4 N–H and O–H groups in total. The first-order chi connectivity index (χ1) is 29.9. The summed E-state index contributed by atoms with van der Waals surface area (Å²) in [7, 11) is 8.11. The number of urea groups is 1. The predicted molar refractivity (Wildman–Crippen MR) is 250 cm³/mol. The molecule has 4 amide bonds. The lowest BCUT2D eigenvalue weighted by Crippen LogP contribution is -2.36. The Kier molecular flexibility index (Phi) is 14.6. The number of ether oxygens (including phenoxy) is 2. The summed E-state index contributed by atoms with van der Waals surface area (Å²) in [6, 6.07) is 24.9. The van der Waals surface area contributed by atoms with Crippen molar-refractivity contribution in [2.75, 3.05) is 65.1 Å². The Morgan fingerprint density at radius 3 is 2.40 bits per heavy atom. The number of anilines is 1. The molecule has 4 aliphatic rings. The van der Waals surface area contributed by atoms with Crippen LogP contribution in [0.3, 0.4) is 0 Å². The monoisotopic (exact) mass is 861 g/mol. The number of nitrogens with zero attached hydrogens (tertiary/aromatic N) is 2. The van der Waals surface area contributed by atoms with Crippen molar-refractivity contribution in [3.8, 4) is 33.9 Å². The summed E-state index contributed by atoms with van der Waals surface area (Å²) in [5.74, 6) is 3.24. The zero-order valence-corrected chi connectivity index (χ0v) is 37.7. The summed E-state index contributed by atoms with van der Waals surface area (Å²) in [6.07, 6.45) is 5.97. The lowest BCUT2D eigenvalue weighted by atomic mass is 9.93. The van der Waals surface area contributed by atoms with Crippen molar-refractivity contribution in [2.45, 2.75) is 76.1 Å². The van der Waals surface area contributed by atoms with Gasteiger partial charge in [0.25, 0.3) is 5.91 Å². The Labute approximate surface area is 369 Å². The summed E-state index contributed by atoms with van der Waals surface area (Å²) in [6.45, 7) is 5.88. The minimum Gasteiger partial charge on any atom is -0.490 e. The first-order valence-electron chi connectivity index (χ1n) is 21.8. The molecule has 3 heterocycles. The number of unbranched alkanes of at least 4 members (excludes halogenated alkanes) is 3. The number of aryl methyl sites for hydroxylation is 2. The molecule has 2 fully saturated rings. The SMILES string of the molecule is Cc1cc(C(=O)NCCCCCNC(=O)CCCCC2SCC3NC(=O)NC32)ccc1OCCOc1cc(-c2c3ccc(=[N+](C)C)cc-3oc3cc(N(C)C)ccc23)ccc1C. The van der Waals surface area contributed by atoms with E-state index in [1.807, 2.05) is 65.9 Å². The van der Waals surface area contributed by atoms with Gasteiger partial charge in [-0.2, -0.15) is 11.8 Å². The fraction of sp³-hybridized carbons (Fsp3) is 0.429. The van der Waals surface area contributed by atoms with Gasteiger partial charge in [-0.05, 0) is 105 Å². The van der Waals surface area contributed by atoms with E-state index in [4.69, 9.17) is 13.9 Å². The molecule has 7 rings (SSSR count). The van der Waals surface area contributed by atoms with Gasteiger partial charge in [-0.3, -0.25) is 9.59 Å². The highest BCUT2D eigenvalue weighted by atomic mass is 32.2. The van der Waals surface area contributed by atoms with Gasteiger partial charge in [-0.25, -0.2) is 9.37 Å². The van der Waals surface area contributed by atoms with Gasteiger partial charge in [0.1, 0.15) is 50.2 Å². The van der Waals surface area contributed by atoms with Crippen LogP contribution in [0, 0.1) is 13.8 Å². The summed E-state index contributed by atoms with van der Waals surface area (Å²) in [5, 5.41) is 14.6. The highest BCUT2D eigenvalue weighted by Gasteiger charge is 2.42. The Morgan fingerprint density at radius 1 is 0.839 bits per heavy atom. The Hall–Kier alpha value is -5.69. The average molecular weight is 862 g/mol. The van der Waals surface area contributed by atoms with Crippen LogP contribution < -0.4 is 45.6 Å². The van der Waals surface area contributed by atoms with Gasteiger partial charge in [-0.15, -0.1) is 0 Å². The average Bonchev–Trinajstić information content (AvgIpc) is 3.81. The topological polar surface area (TPSA) is 137 Å². The molecule has 3 aliphatic heterocycles. The second kappa shape index (κ2) is 20.5. The second-order valence-electron chi connectivity index (χ2n) is 16.8. The van der Waals surface area contributed by atoms with Crippen LogP contribution in [0.4, 0.5) is 10.5 Å². The summed E-state index contributed by atoms with van der Waals surface area (Å²) < 4.78 is 21.0. The van der Waals surface area contributed by atoms with E-state index in [1.54, 1.807) is 6.07 Å². The largest absolute Gasteiger partial charge is 0.490 e. The first kappa shape index (κ1) is 44.4. The maximum atomic E-state index is 12.9. The number of carbonyl (C=O) groups is 3. The van der Waals surface area contributed by atoms with Crippen molar-refractivity contribution in [2.24, 2.45) is 0 Å². The van der Waals surface area contributed by atoms with Crippen LogP contribution >= 0.6 is 11.8 Å². The molecular formula is C49H61N6O6S+. The van der Waals surface area contributed by atoms with Crippen molar-refractivity contribution < 1.29 is 28.3 Å². The van der Waals surface area contributed by atoms with Gasteiger partial charge in [0.05, 0.1) is 18.2 Å². The zero-order valence-electron chi connectivity index (χ0n) is 36.9. The molecule has 3 unspecified atom stereocenters. The fourth-order valence-corrected chi connectivity index (χ4v) is 9.77. The maximum Gasteiger partial charge on any atom is 0.315 e. The van der Waals surface area contributed by atoms with Gasteiger partial charge in [0.15, 0.2) is 0 Å². The normalized spacial score (nSPS) is 16.7. The molecule has 328 valence electrons. The lowest BCUT2D eigenvalue weighted by molar-refractivity contribution is -0.121. The van der Waals surface area contributed by atoms with Gasteiger partial charge < -0.3 is 40.1 Å². The van der Waals surface area contributed by atoms with Crippen molar-refractivity contribution >= 4 is 46.3 Å². The van der Waals surface area contributed by atoms with Gasteiger partial charge in [-0.1, -0.05) is 18.6 Å². The molecule has 0 spiro atoms. The number of fused-ring (bicyclic) bond motifs is 3. The molecule has 1 aliphatic carbocycles. The lowest BCUT2D eigenvalue weighted by Gasteiger charge is -2.19. The number of thioether (sulfide) groups is 1. The minimum absolute atomic E-state index is 0.0604. The van der Waals surface area contributed by atoms with E-state index >= 15 is 0 Å². The van der Waals surface area contributed by atoms with E-state index in [2.05, 4.69) is 85.3 Å². The molecule has 0 radical (unpaired) electrons. The quantitative estimate of drug-likeness (QED) is 0.0299. The molecule has 2 saturated heterocycles. The summed E-state index contributed by atoms with van der Waals surface area (Å²) in [4.78, 5) is 38.9. The summed E-state index contributed by atoms with van der Waals surface area (Å²) in [5.41, 5.74) is 7.53. The number of benzene rings is 4. The zero-order chi connectivity index (χ0) is 43.8. The third-order valence-corrected chi connectivity index (χ3v) is 13.3. The van der Waals surface area contributed by atoms with Crippen LogP contribution in [0.5, 0.6) is 11.5 Å². The highest BCUT2D eigenvalue weighted by Crippen LogP contribution is 2.42. The van der Waals surface area contributed by atoms with Crippen LogP contribution in [0.25, 0.3) is 33.4 Å². The number of hydrogen-bond donors (Lipinski definition) is 4. The second-order valence-corrected chi connectivity index (χ2v) is 18.1. The van der Waals surface area contributed by atoms with Gasteiger partial charge in [0.2, 0.25) is 11.3 Å². The Balaban J connectivity index is 0.834. The van der Waals surface area contributed by atoms with Crippen LogP contribution in [-0.4, -0.2) is 95.4 Å². The van der Waals surface area contributed by atoms with Crippen LogP contribution in [0.1, 0.15) is 66.4 Å². The molecule has 3 aromatic rings. The van der Waals surface area contributed by atoms with Crippen molar-refractivity contribution in [3.63, 3.8) is 0 Å². The molecule has 62 heavy (non-hydrogen) atoms. The number of carbonyl (C=O) groups excluding carboxylic acids is 3. The molecule has 0 aromatic heterocycles. The highest BCUT2D eigenvalue weighted by molar-refractivity contribution is 8.00. The summed E-state index contributed by atoms with van der Waals surface area (Å²) >= 11 is 1.91. The van der Waals surface area contributed by atoms with Crippen LogP contribution in [0.2, 0.25) is 0 Å².